The van der Waals surface area contributed by atoms with Gasteiger partial charge in [-0.05, 0) is 42.3 Å². The molecule has 0 bridgehead atoms. The van der Waals surface area contributed by atoms with Crippen LogP contribution in [-0.4, -0.2) is 34.8 Å². The Morgan fingerprint density at radius 2 is 1.69 bits per heavy atom. The largest absolute Gasteiger partial charge is 0.455 e. The highest BCUT2D eigenvalue weighted by atomic mass is 35.5. The van der Waals surface area contributed by atoms with E-state index < -0.39 is 58.0 Å². The van der Waals surface area contributed by atoms with Gasteiger partial charge in [0.2, 0.25) is 5.91 Å². The van der Waals surface area contributed by atoms with Gasteiger partial charge in [0.25, 0.3) is 5.91 Å². The number of rotatable bonds is 6. The van der Waals surface area contributed by atoms with Crippen LogP contribution < -0.4 is 10.6 Å². The number of halogens is 10. The minimum Gasteiger partial charge on any atom is -0.346 e. The zero-order chi connectivity index (χ0) is 26.5. The molecule has 4 nitrogen and oxygen atoms in total. The monoisotopic (exact) mass is 580 g/mol. The Labute approximate surface area is 214 Å². The second-order valence-electron chi connectivity index (χ2n) is 7.83. The van der Waals surface area contributed by atoms with Gasteiger partial charge in [0, 0.05) is 11.6 Å². The van der Waals surface area contributed by atoms with E-state index in [9.17, 15) is 35.9 Å². The lowest BCUT2D eigenvalue weighted by atomic mass is 10.1. The van der Waals surface area contributed by atoms with Crippen molar-refractivity contribution in [3.63, 3.8) is 0 Å². The summed E-state index contributed by atoms with van der Waals surface area (Å²) in [5.41, 5.74) is 0.162. The van der Waals surface area contributed by atoms with E-state index in [0.717, 1.165) is 12.1 Å². The van der Waals surface area contributed by atoms with Crippen LogP contribution in [0.3, 0.4) is 0 Å². The standard InChI is InChI=1S/C21H14Cl4F6N2O2/c1-8-4-10(6-11(16(8)23)17(34)32-7-19(27,28)21(29,30)31)33-18(35)15-14(20(15,24)25)9-2-3-13(26)12(22)5-9/h2-6,14-15H,7H2,1H3,(H,32,34)(H,33,35). The number of aryl methyl sites for hydroxylation is 1. The number of hydrogen-bond donors (Lipinski definition) is 2. The van der Waals surface area contributed by atoms with Crippen molar-refractivity contribution in [3.05, 3.63) is 62.9 Å². The summed E-state index contributed by atoms with van der Waals surface area (Å²) in [5, 5.41) is 3.54. The molecule has 2 aromatic carbocycles. The van der Waals surface area contributed by atoms with Crippen LogP contribution in [0.4, 0.5) is 32.0 Å². The molecule has 35 heavy (non-hydrogen) atoms. The zero-order valence-corrected chi connectivity index (χ0v) is 20.4. The molecule has 190 valence electrons. The quantitative estimate of drug-likeness (QED) is 0.288. The summed E-state index contributed by atoms with van der Waals surface area (Å²) in [5.74, 6) is -9.60. The van der Waals surface area contributed by atoms with Gasteiger partial charge < -0.3 is 10.6 Å². The molecule has 2 amide bonds. The molecule has 0 aromatic heterocycles. The maximum absolute atomic E-state index is 13.5. The third kappa shape index (κ3) is 5.60. The third-order valence-electron chi connectivity index (χ3n) is 5.29. The minimum absolute atomic E-state index is 0.0171. The van der Waals surface area contributed by atoms with Gasteiger partial charge in [0.15, 0.2) is 0 Å². The summed E-state index contributed by atoms with van der Waals surface area (Å²) >= 11 is 24.3. The first-order chi connectivity index (χ1) is 16.0. The first kappa shape index (κ1) is 27.7. The Morgan fingerprint density at radius 3 is 2.26 bits per heavy atom. The summed E-state index contributed by atoms with van der Waals surface area (Å²) in [4.78, 5) is 25.1. The smallest absolute Gasteiger partial charge is 0.346 e. The second kappa shape index (κ2) is 9.53. The molecule has 0 heterocycles. The maximum Gasteiger partial charge on any atom is 0.455 e. The van der Waals surface area contributed by atoms with Crippen LogP contribution in [0.5, 0.6) is 0 Å². The van der Waals surface area contributed by atoms with E-state index >= 15 is 0 Å². The molecule has 0 saturated heterocycles. The van der Waals surface area contributed by atoms with Crippen molar-refractivity contribution >= 4 is 63.9 Å². The molecule has 0 aliphatic heterocycles. The number of hydrogen-bond acceptors (Lipinski definition) is 2. The van der Waals surface area contributed by atoms with E-state index in [2.05, 4.69) is 5.32 Å². The molecule has 1 aliphatic rings. The molecule has 2 N–H and O–H groups in total. The molecule has 2 unspecified atom stereocenters. The van der Waals surface area contributed by atoms with Gasteiger partial charge in [0.1, 0.15) is 10.2 Å². The van der Waals surface area contributed by atoms with Crippen LogP contribution in [-0.2, 0) is 4.79 Å². The number of nitrogens with one attached hydrogen (secondary N) is 2. The Kier molecular flexibility index (Phi) is 7.55. The average molecular weight is 582 g/mol. The summed E-state index contributed by atoms with van der Waals surface area (Å²) in [6.45, 7) is -0.584. The molecule has 1 fully saturated rings. The van der Waals surface area contributed by atoms with Crippen molar-refractivity contribution in [3.8, 4) is 0 Å². The topological polar surface area (TPSA) is 58.2 Å². The zero-order valence-electron chi connectivity index (χ0n) is 17.3. The summed E-state index contributed by atoms with van der Waals surface area (Å²) in [7, 11) is 0. The van der Waals surface area contributed by atoms with Crippen molar-refractivity contribution in [1.29, 1.82) is 0 Å². The lowest BCUT2D eigenvalue weighted by Crippen LogP contribution is -2.46. The number of carbonyl (C=O) groups excluding carboxylic acids is 2. The van der Waals surface area contributed by atoms with Gasteiger partial charge in [0.05, 0.1) is 28.1 Å². The van der Waals surface area contributed by atoms with Gasteiger partial charge in [-0.15, -0.1) is 23.2 Å². The van der Waals surface area contributed by atoms with Gasteiger partial charge >= 0.3 is 12.1 Å². The highest BCUT2D eigenvalue weighted by Crippen LogP contribution is 2.65. The number of anilines is 1. The molecule has 1 aliphatic carbocycles. The molecule has 2 aromatic rings. The van der Waals surface area contributed by atoms with E-state index in [1.54, 1.807) is 0 Å². The predicted octanol–water partition coefficient (Wildman–Crippen LogP) is 6.89. The molecule has 14 heteroatoms. The molecule has 0 spiro atoms. The van der Waals surface area contributed by atoms with Gasteiger partial charge in [-0.25, -0.2) is 4.39 Å². The van der Waals surface area contributed by atoms with Crippen LogP contribution in [0.15, 0.2) is 30.3 Å². The van der Waals surface area contributed by atoms with E-state index in [1.807, 2.05) is 0 Å². The van der Waals surface area contributed by atoms with E-state index in [1.165, 1.54) is 30.4 Å². The molecule has 2 atom stereocenters. The summed E-state index contributed by atoms with van der Waals surface area (Å²) in [6.07, 6.45) is -5.86. The second-order valence-corrected chi connectivity index (χ2v) is 10.1. The fourth-order valence-electron chi connectivity index (χ4n) is 3.39. The van der Waals surface area contributed by atoms with Gasteiger partial charge in [-0.3, -0.25) is 9.59 Å². The Bertz CT molecular complexity index is 1190. The van der Waals surface area contributed by atoms with E-state index in [0.29, 0.717) is 5.56 Å². The van der Waals surface area contributed by atoms with Crippen molar-refractivity contribution in [2.75, 3.05) is 11.9 Å². The fourth-order valence-corrected chi connectivity index (χ4v) is 4.60. The Morgan fingerprint density at radius 1 is 1.06 bits per heavy atom. The third-order valence-corrected chi connectivity index (χ3v) is 7.02. The fraction of sp³-hybridized carbons (Fsp3) is 0.333. The first-order valence-corrected chi connectivity index (χ1v) is 11.1. The van der Waals surface area contributed by atoms with Gasteiger partial charge in [-0.2, -0.15) is 22.0 Å². The van der Waals surface area contributed by atoms with Crippen LogP contribution in [0.1, 0.15) is 27.4 Å². The van der Waals surface area contributed by atoms with Gasteiger partial charge in [-0.1, -0.05) is 29.3 Å². The molecular formula is C21H14Cl4F6N2O2. The highest BCUT2D eigenvalue weighted by Gasteiger charge is 2.67. The van der Waals surface area contributed by atoms with Crippen LogP contribution in [0, 0.1) is 18.7 Å². The van der Waals surface area contributed by atoms with Crippen molar-refractivity contribution in [2.45, 2.75) is 29.3 Å². The molecule has 1 saturated carbocycles. The molecule has 3 rings (SSSR count). The average Bonchev–Trinajstić information content (AvgIpc) is 3.32. The summed E-state index contributed by atoms with van der Waals surface area (Å²) < 4.78 is 75.3. The van der Waals surface area contributed by atoms with Crippen LogP contribution in [0.25, 0.3) is 0 Å². The van der Waals surface area contributed by atoms with Crippen LogP contribution >= 0.6 is 46.4 Å². The maximum atomic E-state index is 13.5. The Hall–Kier alpha value is -1.88. The minimum atomic E-state index is -5.86. The van der Waals surface area contributed by atoms with E-state index in [4.69, 9.17) is 46.4 Å². The lowest BCUT2D eigenvalue weighted by molar-refractivity contribution is -0.278. The van der Waals surface area contributed by atoms with Crippen molar-refractivity contribution in [2.24, 2.45) is 5.92 Å². The normalized spacial score (nSPS) is 19.3. The molecule has 0 radical (unpaired) electrons. The lowest BCUT2D eigenvalue weighted by Gasteiger charge is -2.20. The number of amides is 2. The summed E-state index contributed by atoms with van der Waals surface area (Å²) in [6, 6.07) is 6.08. The SMILES string of the molecule is Cc1cc(NC(=O)C2C(c3ccc(F)c(Cl)c3)C2(Cl)Cl)cc(C(=O)NCC(F)(F)C(F)(F)F)c1Cl. The number of benzene rings is 2. The van der Waals surface area contributed by atoms with Crippen LogP contribution in [0.2, 0.25) is 10.0 Å². The first-order valence-electron chi connectivity index (χ1n) is 9.64. The predicted molar refractivity (Wildman–Crippen MR) is 120 cm³/mol. The van der Waals surface area contributed by atoms with Crippen molar-refractivity contribution in [1.82, 2.24) is 5.32 Å². The van der Waals surface area contributed by atoms with Crippen molar-refractivity contribution < 1.29 is 35.9 Å². The molecular weight excluding hydrogens is 568 g/mol. The Balaban J connectivity index is 1.78. The van der Waals surface area contributed by atoms with E-state index in [-0.39, 0.29) is 21.3 Å². The highest BCUT2D eigenvalue weighted by molar-refractivity contribution is 6.53. The number of carbonyl (C=O) groups is 2. The number of alkyl halides is 7.